The Balaban J connectivity index is 0.000000683. The van der Waals surface area contributed by atoms with Crippen LogP contribution in [0.2, 0.25) is 0 Å². The van der Waals surface area contributed by atoms with Crippen LogP contribution in [0.4, 0.5) is 0 Å². The molecule has 0 unspecified atom stereocenters. The quantitative estimate of drug-likeness (QED) is 0.192. The topological polar surface area (TPSA) is 69.4 Å². The zero-order valence-corrected chi connectivity index (χ0v) is 22.2. The molecule has 0 amide bonds. The summed E-state index contributed by atoms with van der Waals surface area (Å²) < 4.78 is 26.7. The molecule has 1 aliphatic carbocycles. The Morgan fingerprint density at radius 3 is 1.45 bits per heavy atom. The van der Waals surface area contributed by atoms with Crippen LogP contribution < -0.4 is 5.14 Å². The van der Waals surface area contributed by atoms with E-state index in [9.17, 15) is 8.42 Å². The molecular formula is C25H55N2O3S+. The Bertz CT molecular complexity index is 483. The summed E-state index contributed by atoms with van der Waals surface area (Å²) in [6.45, 7) is 3.63. The first-order chi connectivity index (χ1) is 14.6. The number of hydrogen-bond donors (Lipinski definition) is 1. The summed E-state index contributed by atoms with van der Waals surface area (Å²) in [6.07, 6.45) is 25.1. The molecular weight excluding hydrogens is 408 g/mol. The van der Waals surface area contributed by atoms with Crippen LogP contribution >= 0.6 is 0 Å². The second kappa shape index (κ2) is 19.3. The summed E-state index contributed by atoms with van der Waals surface area (Å²) in [7, 11) is 3.16. The second-order valence-corrected chi connectivity index (χ2v) is 11.6. The van der Waals surface area contributed by atoms with Crippen LogP contribution in [0.1, 0.15) is 129 Å². The van der Waals surface area contributed by atoms with E-state index in [0.717, 1.165) is 30.2 Å². The average molecular weight is 464 g/mol. The molecule has 0 saturated heterocycles. The number of nitrogens with zero attached hydrogens (tertiary/aromatic N) is 1. The van der Waals surface area contributed by atoms with Crippen molar-refractivity contribution in [3.8, 4) is 0 Å². The molecule has 0 aromatic heterocycles. The molecule has 0 aromatic carbocycles. The fourth-order valence-electron chi connectivity index (χ4n) is 4.13. The molecule has 0 bridgehead atoms. The van der Waals surface area contributed by atoms with E-state index in [-0.39, 0.29) is 6.10 Å². The highest BCUT2D eigenvalue weighted by molar-refractivity contribution is 7.84. The normalized spacial score (nSPS) is 15.5. The third kappa shape index (κ3) is 26.0. The molecule has 6 heteroatoms. The van der Waals surface area contributed by atoms with E-state index in [2.05, 4.69) is 32.2 Å². The van der Waals surface area contributed by atoms with Gasteiger partial charge in [-0.2, -0.15) is 8.42 Å². The van der Waals surface area contributed by atoms with Crippen molar-refractivity contribution in [1.82, 2.24) is 0 Å². The zero-order chi connectivity index (χ0) is 23.4. The Labute approximate surface area is 195 Å². The summed E-state index contributed by atoms with van der Waals surface area (Å²) in [4.78, 5) is 0. The number of nitrogens with two attached hydrogens (primary N) is 1. The van der Waals surface area contributed by atoms with Crippen molar-refractivity contribution in [3.05, 3.63) is 0 Å². The van der Waals surface area contributed by atoms with Gasteiger partial charge < -0.3 is 4.48 Å². The standard InChI is InChI=1S/C19H42N.C6H13NO3S/c1-5-6-7-8-9-10-11-12-13-14-15-16-17-18-19-20(2,3)4;7-11(8,9)10-6-4-2-1-3-5-6/h5-19H2,1-4H3;6H,1-5H2,(H2,7,8,9)/q+1;. The minimum Gasteiger partial charge on any atom is -0.331 e. The molecule has 0 atom stereocenters. The molecule has 31 heavy (non-hydrogen) atoms. The van der Waals surface area contributed by atoms with Crippen LogP contribution in [0.5, 0.6) is 0 Å². The van der Waals surface area contributed by atoms with Crippen molar-refractivity contribution < 1.29 is 17.1 Å². The summed E-state index contributed by atoms with van der Waals surface area (Å²) in [6, 6.07) is 0. The van der Waals surface area contributed by atoms with Gasteiger partial charge in [-0.05, 0) is 25.7 Å². The van der Waals surface area contributed by atoms with Crippen LogP contribution in [0, 0.1) is 0 Å². The van der Waals surface area contributed by atoms with E-state index in [0.29, 0.717) is 0 Å². The van der Waals surface area contributed by atoms with Gasteiger partial charge in [-0.3, -0.25) is 4.18 Å². The molecule has 0 heterocycles. The molecule has 0 aliphatic heterocycles. The third-order valence-electron chi connectivity index (χ3n) is 6.00. The molecule has 1 fully saturated rings. The van der Waals surface area contributed by atoms with Gasteiger partial charge in [0.15, 0.2) is 0 Å². The van der Waals surface area contributed by atoms with Crippen LogP contribution in [0.25, 0.3) is 0 Å². The van der Waals surface area contributed by atoms with E-state index in [1.807, 2.05) is 0 Å². The zero-order valence-electron chi connectivity index (χ0n) is 21.4. The molecule has 5 nitrogen and oxygen atoms in total. The van der Waals surface area contributed by atoms with Gasteiger partial charge in [-0.1, -0.05) is 103 Å². The van der Waals surface area contributed by atoms with Crippen molar-refractivity contribution in [3.63, 3.8) is 0 Å². The first-order valence-corrected chi connectivity index (χ1v) is 14.6. The molecule has 1 rings (SSSR count). The largest absolute Gasteiger partial charge is 0.333 e. The monoisotopic (exact) mass is 463 g/mol. The van der Waals surface area contributed by atoms with Gasteiger partial charge in [-0.15, -0.1) is 0 Å². The molecule has 0 radical (unpaired) electrons. The van der Waals surface area contributed by atoms with Crippen LogP contribution in [0.15, 0.2) is 0 Å². The van der Waals surface area contributed by atoms with Gasteiger partial charge in [0.1, 0.15) is 0 Å². The van der Waals surface area contributed by atoms with Gasteiger partial charge in [-0.25, -0.2) is 5.14 Å². The summed E-state index contributed by atoms with van der Waals surface area (Å²) in [5, 5.41) is 4.72. The lowest BCUT2D eigenvalue weighted by Gasteiger charge is -2.23. The fraction of sp³-hybridized carbons (Fsp3) is 1.00. The number of unbranched alkanes of at least 4 members (excludes halogenated alkanes) is 13. The first kappa shape index (κ1) is 30.8. The lowest BCUT2D eigenvalue weighted by atomic mass is 9.98. The SMILES string of the molecule is CCCCCCCCCCCCCCCC[N+](C)(C)C.NS(=O)(=O)OC1CCCCC1. The highest BCUT2D eigenvalue weighted by Gasteiger charge is 2.18. The van der Waals surface area contributed by atoms with E-state index >= 15 is 0 Å². The molecule has 188 valence electrons. The average Bonchev–Trinajstić information content (AvgIpc) is 2.67. The fourth-order valence-corrected chi connectivity index (χ4v) is 4.70. The van der Waals surface area contributed by atoms with Gasteiger partial charge in [0.05, 0.1) is 33.8 Å². The minimum atomic E-state index is -3.72. The molecule has 1 saturated carbocycles. The molecule has 0 spiro atoms. The number of quaternary nitrogens is 1. The van der Waals surface area contributed by atoms with E-state index in [4.69, 9.17) is 5.14 Å². The summed E-state index contributed by atoms with van der Waals surface area (Å²) in [5.41, 5.74) is 0. The lowest BCUT2D eigenvalue weighted by molar-refractivity contribution is -0.870. The van der Waals surface area contributed by atoms with Crippen molar-refractivity contribution in [2.45, 2.75) is 135 Å². The van der Waals surface area contributed by atoms with E-state index < -0.39 is 10.3 Å². The maximum atomic E-state index is 10.5. The highest BCUT2D eigenvalue weighted by Crippen LogP contribution is 2.20. The van der Waals surface area contributed by atoms with Gasteiger partial charge >= 0.3 is 10.3 Å². The molecule has 0 aromatic rings. The van der Waals surface area contributed by atoms with Crippen LogP contribution in [0.3, 0.4) is 0 Å². The van der Waals surface area contributed by atoms with Gasteiger partial charge in [0, 0.05) is 0 Å². The number of rotatable bonds is 17. The summed E-state index contributed by atoms with van der Waals surface area (Å²) in [5.74, 6) is 0. The summed E-state index contributed by atoms with van der Waals surface area (Å²) >= 11 is 0. The van der Waals surface area contributed by atoms with Crippen molar-refractivity contribution >= 4 is 10.3 Å². The number of hydrogen-bond acceptors (Lipinski definition) is 3. The Kier molecular flexibility index (Phi) is 19.2. The third-order valence-corrected chi connectivity index (χ3v) is 6.55. The first-order valence-electron chi connectivity index (χ1n) is 13.2. The Morgan fingerprint density at radius 2 is 1.10 bits per heavy atom. The predicted octanol–water partition coefficient (Wildman–Crippen LogP) is 6.71. The maximum Gasteiger partial charge on any atom is 0.333 e. The highest BCUT2D eigenvalue weighted by atomic mass is 32.2. The minimum absolute atomic E-state index is 0.168. The van der Waals surface area contributed by atoms with Gasteiger partial charge in [0.2, 0.25) is 0 Å². The predicted molar refractivity (Wildman–Crippen MR) is 134 cm³/mol. The van der Waals surface area contributed by atoms with Crippen molar-refractivity contribution in [2.24, 2.45) is 5.14 Å². The van der Waals surface area contributed by atoms with Crippen LogP contribution in [-0.2, 0) is 14.5 Å². The lowest BCUT2D eigenvalue weighted by Crippen LogP contribution is -2.35. The molecule has 2 N–H and O–H groups in total. The van der Waals surface area contributed by atoms with Crippen LogP contribution in [-0.4, -0.2) is 46.7 Å². The Hall–Kier alpha value is -0.170. The second-order valence-electron chi connectivity index (χ2n) is 10.5. The smallest absolute Gasteiger partial charge is 0.331 e. The van der Waals surface area contributed by atoms with E-state index in [1.54, 1.807) is 0 Å². The van der Waals surface area contributed by atoms with Gasteiger partial charge in [0.25, 0.3) is 0 Å². The van der Waals surface area contributed by atoms with Crippen molar-refractivity contribution in [2.75, 3.05) is 27.7 Å². The molecule has 1 aliphatic rings. The Morgan fingerprint density at radius 1 is 0.710 bits per heavy atom. The van der Waals surface area contributed by atoms with E-state index in [1.165, 1.54) is 103 Å². The maximum absolute atomic E-state index is 10.5. The van der Waals surface area contributed by atoms with Crippen molar-refractivity contribution in [1.29, 1.82) is 0 Å².